The van der Waals surface area contributed by atoms with Gasteiger partial charge < -0.3 is 14.8 Å². The lowest BCUT2D eigenvalue weighted by molar-refractivity contribution is 0.0919. The summed E-state index contributed by atoms with van der Waals surface area (Å²) in [7, 11) is 3.34. The van der Waals surface area contributed by atoms with Gasteiger partial charge in [0.25, 0.3) is 5.91 Å². The molecule has 25 heavy (non-hydrogen) atoms. The van der Waals surface area contributed by atoms with Crippen LogP contribution in [0.2, 0.25) is 0 Å². The van der Waals surface area contributed by atoms with Crippen molar-refractivity contribution in [2.75, 3.05) is 14.2 Å². The highest BCUT2D eigenvalue weighted by atomic mass is 32.1. The summed E-state index contributed by atoms with van der Waals surface area (Å²) in [4.78, 5) is 14.7. The fourth-order valence-electron chi connectivity index (χ4n) is 4.15. The lowest BCUT2D eigenvalue weighted by Crippen LogP contribution is -2.46. The van der Waals surface area contributed by atoms with Gasteiger partial charge in [0.1, 0.15) is 0 Å². The second-order valence-electron chi connectivity index (χ2n) is 6.75. The van der Waals surface area contributed by atoms with Crippen LogP contribution in [-0.4, -0.2) is 26.2 Å². The first kappa shape index (κ1) is 16.5. The monoisotopic (exact) mass is 357 g/mol. The third-order valence-corrected chi connectivity index (χ3v) is 6.48. The molecule has 4 nitrogen and oxygen atoms in total. The second kappa shape index (κ2) is 6.37. The molecule has 0 radical (unpaired) electrons. The van der Waals surface area contributed by atoms with Crippen molar-refractivity contribution < 1.29 is 14.3 Å². The van der Waals surface area contributed by atoms with Crippen LogP contribution in [0.4, 0.5) is 0 Å². The molecule has 1 aromatic heterocycles. The molecule has 132 valence electrons. The minimum Gasteiger partial charge on any atom is -0.493 e. The van der Waals surface area contributed by atoms with Crippen LogP contribution in [0.15, 0.2) is 18.2 Å². The number of carbonyl (C=O) groups excluding carboxylic acids is 1. The summed E-state index contributed by atoms with van der Waals surface area (Å²) >= 11 is 1.65. The summed E-state index contributed by atoms with van der Waals surface area (Å²) in [6.07, 6.45) is 4.02. The van der Waals surface area contributed by atoms with Gasteiger partial charge in [-0.15, -0.1) is 11.3 Å². The summed E-state index contributed by atoms with van der Waals surface area (Å²) in [5.41, 5.74) is 3.75. The maximum Gasteiger partial charge on any atom is 0.261 e. The highest BCUT2D eigenvalue weighted by molar-refractivity contribution is 7.14. The molecule has 1 aromatic carbocycles. The summed E-state index contributed by atoms with van der Waals surface area (Å²) in [6.45, 7) is 2.18. The Morgan fingerprint density at radius 2 is 1.92 bits per heavy atom. The van der Waals surface area contributed by atoms with Crippen LogP contribution in [0.1, 0.15) is 56.9 Å². The van der Waals surface area contributed by atoms with Crippen molar-refractivity contribution in [1.29, 1.82) is 0 Å². The number of hydrogen-bond acceptors (Lipinski definition) is 4. The fraction of sp³-hybridized carbons (Fsp3) is 0.450. The van der Waals surface area contributed by atoms with E-state index in [-0.39, 0.29) is 17.9 Å². The van der Waals surface area contributed by atoms with Gasteiger partial charge in [0.15, 0.2) is 11.5 Å². The quantitative estimate of drug-likeness (QED) is 0.902. The van der Waals surface area contributed by atoms with E-state index in [1.807, 2.05) is 0 Å². The van der Waals surface area contributed by atoms with Crippen LogP contribution in [0, 0.1) is 0 Å². The molecule has 2 aromatic rings. The number of ether oxygens (including phenoxy) is 2. The Hall–Kier alpha value is -2.01. The Balaban J connectivity index is 1.86. The van der Waals surface area contributed by atoms with E-state index in [1.54, 1.807) is 25.6 Å². The van der Waals surface area contributed by atoms with E-state index in [1.165, 1.54) is 21.6 Å². The molecule has 0 fully saturated rings. The Morgan fingerprint density at radius 3 is 2.64 bits per heavy atom. The normalized spacial score (nSPS) is 21.0. The molecule has 0 spiro atoms. The summed E-state index contributed by atoms with van der Waals surface area (Å²) in [5.74, 6) is 1.83. The Labute approximate surface area is 152 Å². The van der Waals surface area contributed by atoms with Gasteiger partial charge in [0, 0.05) is 16.8 Å². The Bertz CT molecular complexity index is 827. The molecule has 5 heteroatoms. The molecule has 2 aliphatic rings. The zero-order valence-corrected chi connectivity index (χ0v) is 15.7. The maximum absolute atomic E-state index is 12.5. The Morgan fingerprint density at radius 1 is 1.16 bits per heavy atom. The zero-order valence-electron chi connectivity index (χ0n) is 14.8. The topological polar surface area (TPSA) is 47.6 Å². The third-order valence-electron chi connectivity index (χ3n) is 5.27. The van der Waals surface area contributed by atoms with E-state index in [9.17, 15) is 4.79 Å². The molecule has 0 bridgehead atoms. The second-order valence-corrected chi connectivity index (χ2v) is 7.89. The number of thiophene rings is 1. The molecule has 1 aliphatic heterocycles. The van der Waals surface area contributed by atoms with Gasteiger partial charge in [-0.05, 0) is 54.2 Å². The number of aryl methyl sites for hydroxylation is 2. The molecule has 1 aliphatic carbocycles. The van der Waals surface area contributed by atoms with Crippen molar-refractivity contribution in [1.82, 2.24) is 5.32 Å². The van der Waals surface area contributed by atoms with Crippen LogP contribution in [0.3, 0.4) is 0 Å². The molecule has 0 saturated heterocycles. The van der Waals surface area contributed by atoms with Gasteiger partial charge in [0.2, 0.25) is 0 Å². The standard InChI is InChI=1S/C20H23NO3S/c1-4-5-12-9-14-18-13-10-17(24-3)16(23-2)8-11(13)6-7-15(18)21-20(22)19(14)25-12/h8-10,15,18H,4-7H2,1-3H3,(H,21,22)/t15-,18+/m1/s1. The molecular weight excluding hydrogens is 334 g/mol. The number of carbonyl (C=O) groups is 1. The lowest BCUT2D eigenvalue weighted by Gasteiger charge is -2.38. The van der Waals surface area contributed by atoms with E-state index in [0.717, 1.165) is 42.1 Å². The molecule has 1 N–H and O–H groups in total. The van der Waals surface area contributed by atoms with E-state index in [2.05, 4.69) is 30.4 Å². The molecular formula is C20H23NO3S. The van der Waals surface area contributed by atoms with Gasteiger partial charge in [0.05, 0.1) is 19.1 Å². The summed E-state index contributed by atoms with van der Waals surface area (Å²) < 4.78 is 11.0. The predicted molar refractivity (Wildman–Crippen MR) is 99.3 cm³/mol. The highest BCUT2D eigenvalue weighted by Crippen LogP contribution is 2.46. The molecule has 2 atom stereocenters. The van der Waals surface area contributed by atoms with Crippen LogP contribution in [-0.2, 0) is 12.8 Å². The zero-order chi connectivity index (χ0) is 17.6. The first-order valence-corrected chi connectivity index (χ1v) is 9.66. The Kier molecular flexibility index (Phi) is 4.20. The number of amides is 1. The average molecular weight is 357 g/mol. The van der Waals surface area contributed by atoms with E-state index in [0.29, 0.717) is 0 Å². The van der Waals surface area contributed by atoms with Crippen molar-refractivity contribution in [3.05, 3.63) is 44.6 Å². The van der Waals surface area contributed by atoms with Crippen molar-refractivity contribution >= 4 is 17.2 Å². The first-order chi connectivity index (χ1) is 12.2. The SMILES string of the molecule is CCCc1cc2c(s1)C(=O)N[C@@H]1CCc3cc(OC)c(OC)cc3[C@@H]21. The van der Waals surface area contributed by atoms with Crippen LogP contribution in [0.25, 0.3) is 0 Å². The largest absolute Gasteiger partial charge is 0.493 e. The average Bonchev–Trinajstić information content (AvgIpc) is 3.05. The highest BCUT2D eigenvalue weighted by Gasteiger charge is 2.40. The molecule has 2 heterocycles. The number of hydrogen-bond donors (Lipinski definition) is 1. The number of benzene rings is 1. The molecule has 0 unspecified atom stereocenters. The van der Waals surface area contributed by atoms with Gasteiger partial charge in [-0.2, -0.15) is 0 Å². The fourth-order valence-corrected chi connectivity index (χ4v) is 5.36. The van der Waals surface area contributed by atoms with Gasteiger partial charge in [-0.25, -0.2) is 0 Å². The minimum atomic E-state index is 0.0903. The van der Waals surface area contributed by atoms with E-state index < -0.39 is 0 Å². The van der Waals surface area contributed by atoms with Crippen molar-refractivity contribution in [2.24, 2.45) is 0 Å². The summed E-state index contributed by atoms with van der Waals surface area (Å²) in [5, 5.41) is 3.24. The smallest absolute Gasteiger partial charge is 0.261 e. The number of nitrogens with one attached hydrogen (secondary N) is 1. The summed E-state index contributed by atoms with van der Waals surface area (Å²) in [6, 6.07) is 6.62. The maximum atomic E-state index is 12.5. The number of methoxy groups -OCH3 is 2. The predicted octanol–water partition coefficient (Wildman–Crippen LogP) is 3.91. The minimum absolute atomic E-state index is 0.0903. The van der Waals surface area contributed by atoms with E-state index >= 15 is 0 Å². The third kappa shape index (κ3) is 2.61. The molecule has 0 saturated carbocycles. The molecule has 1 amide bonds. The van der Waals surface area contributed by atoms with Gasteiger partial charge >= 0.3 is 0 Å². The van der Waals surface area contributed by atoms with Crippen LogP contribution in [0.5, 0.6) is 11.5 Å². The van der Waals surface area contributed by atoms with Crippen molar-refractivity contribution in [2.45, 2.75) is 44.6 Å². The van der Waals surface area contributed by atoms with Gasteiger partial charge in [-0.3, -0.25) is 4.79 Å². The van der Waals surface area contributed by atoms with Crippen molar-refractivity contribution in [3.8, 4) is 11.5 Å². The van der Waals surface area contributed by atoms with Crippen LogP contribution < -0.4 is 14.8 Å². The van der Waals surface area contributed by atoms with Crippen molar-refractivity contribution in [3.63, 3.8) is 0 Å². The van der Waals surface area contributed by atoms with Gasteiger partial charge in [-0.1, -0.05) is 13.3 Å². The lowest BCUT2D eigenvalue weighted by atomic mass is 9.73. The van der Waals surface area contributed by atoms with Crippen LogP contribution >= 0.6 is 11.3 Å². The number of rotatable bonds is 4. The molecule has 4 rings (SSSR count). The first-order valence-electron chi connectivity index (χ1n) is 8.84. The number of fused-ring (bicyclic) bond motifs is 5. The van der Waals surface area contributed by atoms with E-state index in [4.69, 9.17) is 9.47 Å².